The summed E-state index contributed by atoms with van der Waals surface area (Å²) in [6, 6.07) is 10.3. The number of benzene rings is 1. The molecule has 0 unspecified atom stereocenters. The van der Waals surface area contributed by atoms with Gasteiger partial charge in [0.25, 0.3) is 0 Å². The van der Waals surface area contributed by atoms with E-state index >= 15 is 0 Å². The van der Waals surface area contributed by atoms with E-state index in [1.54, 1.807) is 0 Å². The molecule has 3 nitrogen and oxygen atoms in total. The number of allylic oxidation sites excluding steroid dienone is 1. The molecule has 2 atom stereocenters. The maximum Gasteiger partial charge on any atom is 0.144 e. The topological polar surface area (TPSA) is 41.5 Å². The van der Waals surface area contributed by atoms with Gasteiger partial charge < -0.3 is 5.43 Å². The van der Waals surface area contributed by atoms with Crippen molar-refractivity contribution >= 4 is 17.6 Å². The zero-order valence-corrected chi connectivity index (χ0v) is 12.0. The van der Waals surface area contributed by atoms with Gasteiger partial charge in [0.1, 0.15) is 5.78 Å². The van der Waals surface area contributed by atoms with E-state index in [1.165, 1.54) is 0 Å². The Morgan fingerprint density at radius 2 is 2.00 bits per heavy atom. The number of Topliss-reactive ketones (excluding diaryl/α,β-unsaturated/α-hetero) is 1. The second-order valence-electron chi connectivity index (χ2n) is 6.51. The molecule has 0 aromatic heterocycles. The number of hydrogen-bond acceptors (Lipinski definition) is 3. The normalized spacial score (nSPS) is 28.1. The predicted molar refractivity (Wildman–Crippen MR) is 81.3 cm³/mol. The van der Waals surface area contributed by atoms with Crippen LogP contribution in [0.25, 0.3) is 6.08 Å². The van der Waals surface area contributed by atoms with Gasteiger partial charge in [-0.1, -0.05) is 50.3 Å². The van der Waals surface area contributed by atoms with Crippen LogP contribution in [0.5, 0.6) is 0 Å². The molecule has 2 aliphatic rings. The zero-order chi connectivity index (χ0) is 14.2. The Morgan fingerprint density at radius 3 is 2.75 bits per heavy atom. The number of fused-ring (bicyclic) bond motifs is 1. The van der Waals surface area contributed by atoms with Crippen molar-refractivity contribution in [3.63, 3.8) is 0 Å². The highest BCUT2D eigenvalue weighted by molar-refractivity contribution is 6.13. The zero-order valence-electron chi connectivity index (χ0n) is 12.0. The lowest BCUT2D eigenvalue weighted by atomic mass is 9.69. The van der Waals surface area contributed by atoms with Gasteiger partial charge in [-0.05, 0) is 23.5 Å². The van der Waals surface area contributed by atoms with Gasteiger partial charge >= 0.3 is 0 Å². The average molecular weight is 268 g/mol. The standard InChI is InChI=1S/C17H20N2O/c1-17(2)10-14-16(15(20)11-17)13(18-19-14)9-8-12-6-4-3-5-7-12/h3-9,14,16,19H,10-11H2,1-2H3/b9-8+/t14-,16-/m0/s1. The van der Waals surface area contributed by atoms with Crippen molar-refractivity contribution in [2.75, 3.05) is 0 Å². The van der Waals surface area contributed by atoms with E-state index in [2.05, 4.69) is 24.4 Å². The maximum absolute atomic E-state index is 12.4. The number of nitrogens with zero attached hydrogens (tertiary/aromatic N) is 1. The first-order chi connectivity index (χ1) is 9.55. The van der Waals surface area contributed by atoms with E-state index in [0.29, 0.717) is 12.2 Å². The first kappa shape index (κ1) is 13.1. The predicted octanol–water partition coefficient (Wildman–Crippen LogP) is 3.03. The van der Waals surface area contributed by atoms with Crippen LogP contribution in [0.1, 0.15) is 32.3 Å². The molecular weight excluding hydrogens is 248 g/mol. The minimum Gasteiger partial charge on any atom is -0.306 e. The van der Waals surface area contributed by atoms with Crippen molar-refractivity contribution in [3.8, 4) is 0 Å². The maximum atomic E-state index is 12.4. The number of carbonyl (C=O) groups is 1. The summed E-state index contributed by atoms with van der Waals surface area (Å²) in [5.41, 5.74) is 5.23. The Balaban J connectivity index is 1.77. The lowest BCUT2D eigenvalue weighted by Crippen LogP contribution is -2.45. The van der Waals surface area contributed by atoms with E-state index in [1.807, 2.05) is 42.5 Å². The smallest absolute Gasteiger partial charge is 0.144 e. The summed E-state index contributed by atoms with van der Waals surface area (Å²) in [5, 5.41) is 4.37. The Kier molecular flexibility index (Phi) is 3.20. The number of nitrogens with one attached hydrogen (secondary N) is 1. The first-order valence-corrected chi connectivity index (χ1v) is 7.14. The third kappa shape index (κ3) is 2.53. The van der Waals surface area contributed by atoms with Crippen LogP contribution in [0, 0.1) is 11.3 Å². The molecule has 20 heavy (non-hydrogen) atoms. The monoisotopic (exact) mass is 268 g/mol. The molecule has 0 spiro atoms. The number of ketones is 1. The Labute approximate surface area is 119 Å². The van der Waals surface area contributed by atoms with Crippen LogP contribution in [-0.2, 0) is 4.79 Å². The molecule has 1 aliphatic carbocycles. The van der Waals surface area contributed by atoms with E-state index in [4.69, 9.17) is 0 Å². The minimum absolute atomic E-state index is 0.0667. The van der Waals surface area contributed by atoms with E-state index in [9.17, 15) is 4.79 Å². The molecule has 1 heterocycles. The number of hydrazone groups is 1. The second-order valence-corrected chi connectivity index (χ2v) is 6.51. The van der Waals surface area contributed by atoms with Crippen LogP contribution in [0.2, 0.25) is 0 Å². The third-order valence-electron chi connectivity index (χ3n) is 4.10. The molecule has 0 radical (unpaired) electrons. The summed E-state index contributed by atoms with van der Waals surface area (Å²) in [5.74, 6) is 0.246. The third-order valence-corrected chi connectivity index (χ3v) is 4.10. The summed E-state index contributed by atoms with van der Waals surface area (Å²) >= 11 is 0. The second kappa shape index (κ2) is 4.89. The molecule has 3 heteroatoms. The first-order valence-electron chi connectivity index (χ1n) is 7.14. The SMILES string of the molecule is CC1(C)CC(=O)[C@H]2C(/C=C/c3ccccc3)=NN[C@H]2C1. The van der Waals surface area contributed by atoms with Gasteiger partial charge in [0.05, 0.1) is 17.7 Å². The molecule has 1 fully saturated rings. The number of carbonyl (C=O) groups excluding carboxylic acids is 1. The van der Waals surface area contributed by atoms with Crippen molar-refractivity contribution in [1.29, 1.82) is 0 Å². The van der Waals surface area contributed by atoms with Crippen molar-refractivity contribution in [2.45, 2.75) is 32.7 Å². The Bertz CT molecular complexity index is 572. The summed E-state index contributed by atoms with van der Waals surface area (Å²) in [4.78, 5) is 12.4. The van der Waals surface area contributed by atoms with Gasteiger partial charge in [0.15, 0.2) is 0 Å². The molecule has 104 valence electrons. The molecule has 1 aliphatic heterocycles. The van der Waals surface area contributed by atoms with Crippen molar-refractivity contribution < 1.29 is 4.79 Å². The molecular formula is C17H20N2O. The van der Waals surface area contributed by atoms with Crippen LogP contribution in [0.15, 0.2) is 41.5 Å². The molecule has 0 bridgehead atoms. The number of rotatable bonds is 2. The number of hydrogen-bond donors (Lipinski definition) is 1. The molecule has 0 saturated heterocycles. The highest BCUT2D eigenvalue weighted by atomic mass is 16.1. The summed E-state index contributed by atoms with van der Waals surface area (Å²) < 4.78 is 0. The van der Waals surface area contributed by atoms with E-state index in [-0.39, 0.29) is 17.4 Å². The molecule has 1 N–H and O–H groups in total. The molecule has 0 amide bonds. The Hall–Kier alpha value is -1.90. The molecule has 1 saturated carbocycles. The molecule has 1 aromatic rings. The minimum atomic E-state index is -0.0667. The highest BCUT2D eigenvalue weighted by Gasteiger charge is 2.45. The van der Waals surface area contributed by atoms with Gasteiger partial charge in [-0.15, -0.1) is 0 Å². The van der Waals surface area contributed by atoms with Crippen LogP contribution >= 0.6 is 0 Å². The van der Waals surface area contributed by atoms with Crippen molar-refractivity contribution in [1.82, 2.24) is 5.43 Å². The summed E-state index contributed by atoms with van der Waals surface area (Å²) in [7, 11) is 0. The van der Waals surface area contributed by atoms with Gasteiger partial charge in [-0.3, -0.25) is 4.79 Å². The highest BCUT2D eigenvalue weighted by Crippen LogP contribution is 2.38. The Morgan fingerprint density at radius 1 is 1.25 bits per heavy atom. The largest absolute Gasteiger partial charge is 0.306 e. The van der Waals surface area contributed by atoms with Crippen LogP contribution in [0.4, 0.5) is 0 Å². The van der Waals surface area contributed by atoms with Gasteiger partial charge in [-0.25, -0.2) is 0 Å². The van der Waals surface area contributed by atoms with Crippen molar-refractivity contribution in [2.24, 2.45) is 16.4 Å². The summed E-state index contributed by atoms with van der Waals surface area (Å²) in [6.45, 7) is 4.31. The fraction of sp³-hybridized carbons (Fsp3) is 0.412. The lowest BCUT2D eigenvalue weighted by Gasteiger charge is -2.35. The summed E-state index contributed by atoms with van der Waals surface area (Å²) in [6.07, 6.45) is 5.64. The van der Waals surface area contributed by atoms with Crippen LogP contribution < -0.4 is 5.43 Å². The van der Waals surface area contributed by atoms with Gasteiger partial charge in [0, 0.05) is 6.42 Å². The quantitative estimate of drug-likeness (QED) is 0.895. The molecule has 3 rings (SSSR count). The lowest BCUT2D eigenvalue weighted by molar-refractivity contribution is -0.126. The van der Waals surface area contributed by atoms with Crippen LogP contribution in [-0.4, -0.2) is 17.5 Å². The molecule has 1 aromatic carbocycles. The fourth-order valence-electron chi connectivity index (χ4n) is 3.20. The van der Waals surface area contributed by atoms with Crippen molar-refractivity contribution in [3.05, 3.63) is 42.0 Å². The van der Waals surface area contributed by atoms with Gasteiger partial charge in [0.2, 0.25) is 0 Å². The average Bonchev–Trinajstić information content (AvgIpc) is 2.79. The van der Waals surface area contributed by atoms with Crippen LogP contribution in [0.3, 0.4) is 0 Å². The fourth-order valence-corrected chi connectivity index (χ4v) is 3.20. The van der Waals surface area contributed by atoms with Gasteiger partial charge in [-0.2, -0.15) is 5.10 Å². The van der Waals surface area contributed by atoms with E-state index < -0.39 is 0 Å². The van der Waals surface area contributed by atoms with E-state index in [0.717, 1.165) is 17.7 Å².